The highest BCUT2D eigenvalue weighted by molar-refractivity contribution is 7.14. The molecule has 0 saturated heterocycles. The lowest BCUT2D eigenvalue weighted by molar-refractivity contribution is -0.506. The normalized spacial score (nSPS) is 10.7. The van der Waals surface area contributed by atoms with E-state index < -0.39 is 0 Å². The van der Waals surface area contributed by atoms with Gasteiger partial charge in [0.15, 0.2) is 0 Å². The van der Waals surface area contributed by atoms with E-state index in [0.717, 1.165) is 17.7 Å². The lowest BCUT2D eigenvalue weighted by Crippen LogP contribution is -2.14. The fourth-order valence-corrected chi connectivity index (χ4v) is 3.02. The van der Waals surface area contributed by atoms with Crippen molar-refractivity contribution in [1.29, 1.82) is 5.26 Å². The largest absolute Gasteiger partial charge is 0.346 e. The highest BCUT2D eigenvalue weighted by Crippen LogP contribution is 2.15. The minimum atomic E-state index is 0.743. The molecule has 3 rings (SSSR count). The van der Waals surface area contributed by atoms with Crippen LogP contribution in [0.25, 0.3) is 4.96 Å². The number of hydrogen-bond acceptors (Lipinski definition) is 2. The van der Waals surface area contributed by atoms with Crippen LogP contribution in [0.1, 0.15) is 16.8 Å². The maximum absolute atomic E-state index is 9.13. The summed E-state index contributed by atoms with van der Waals surface area (Å²) >= 11 is 1.71. The van der Waals surface area contributed by atoms with E-state index in [4.69, 9.17) is 5.26 Å². The van der Waals surface area contributed by atoms with Crippen molar-refractivity contribution in [3.8, 4) is 6.07 Å². The minimum absolute atomic E-state index is 0.743. The summed E-state index contributed by atoms with van der Waals surface area (Å²) in [4.78, 5) is 1.19. The Kier molecular flexibility index (Phi) is 2.62. The Bertz CT molecular complexity index is 746. The third-order valence-electron chi connectivity index (χ3n) is 3.06. The number of aryl methyl sites for hydroxylation is 1. The van der Waals surface area contributed by atoms with E-state index in [0.29, 0.717) is 0 Å². The molecule has 0 radical (unpaired) electrons. The Morgan fingerprint density at radius 2 is 2.22 bits per heavy atom. The van der Waals surface area contributed by atoms with Crippen molar-refractivity contribution in [3.05, 3.63) is 58.9 Å². The monoisotopic (exact) mass is 254 g/mol. The third kappa shape index (κ3) is 1.69. The van der Waals surface area contributed by atoms with E-state index in [1.165, 1.54) is 10.7 Å². The first-order chi connectivity index (χ1) is 8.79. The molecule has 0 aliphatic rings. The topological polar surface area (TPSA) is 32.8 Å². The van der Waals surface area contributed by atoms with Crippen LogP contribution in [-0.2, 0) is 6.54 Å². The summed E-state index contributed by atoms with van der Waals surface area (Å²) in [6.07, 6.45) is 4.17. The molecule has 0 aliphatic heterocycles. The van der Waals surface area contributed by atoms with Gasteiger partial charge in [-0.1, -0.05) is 29.5 Å². The maximum atomic E-state index is 9.13. The molecular weight excluding hydrogens is 242 g/mol. The Hall–Kier alpha value is -2.12. The average Bonchev–Trinajstić information content (AvgIpc) is 2.93. The van der Waals surface area contributed by atoms with Crippen LogP contribution in [0.4, 0.5) is 0 Å². The summed E-state index contributed by atoms with van der Waals surface area (Å²) in [6.45, 7) is 2.83. The first-order valence-electron chi connectivity index (χ1n) is 5.72. The molecule has 0 amide bonds. The van der Waals surface area contributed by atoms with Crippen molar-refractivity contribution in [2.75, 3.05) is 0 Å². The smallest absolute Gasteiger partial charge is 0.214 e. The van der Waals surface area contributed by atoms with Gasteiger partial charge in [-0.2, -0.15) is 9.66 Å². The molecule has 3 aromatic rings. The van der Waals surface area contributed by atoms with Crippen LogP contribution in [-0.4, -0.2) is 4.57 Å². The van der Waals surface area contributed by atoms with E-state index in [9.17, 15) is 0 Å². The number of imidazole rings is 1. The van der Waals surface area contributed by atoms with Crippen LogP contribution >= 0.6 is 11.3 Å². The van der Waals surface area contributed by atoms with Gasteiger partial charge in [-0.05, 0) is 6.07 Å². The Labute approximate surface area is 109 Å². The average molecular weight is 254 g/mol. The van der Waals surface area contributed by atoms with Crippen molar-refractivity contribution in [2.45, 2.75) is 13.5 Å². The summed E-state index contributed by atoms with van der Waals surface area (Å²) in [5, 5.41) is 11.2. The predicted molar refractivity (Wildman–Crippen MR) is 70.5 cm³/mol. The van der Waals surface area contributed by atoms with Gasteiger partial charge in [0.1, 0.15) is 24.6 Å². The van der Waals surface area contributed by atoms with E-state index in [-0.39, 0.29) is 0 Å². The quantitative estimate of drug-likeness (QED) is 0.647. The van der Waals surface area contributed by atoms with Gasteiger partial charge < -0.3 is 0 Å². The second kappa shape index (κ2) is 4.28. The molecule has 0 N–H and O–H groups in total. The van der Waals surface area contributed by atoms with Gasteiger partial charge in [-0.15, -0.1) is 0 Å². The summed E-state index contributed by atoms with van der Waals surface area (Å²) in [7, 11) is 0. The van der Waals surface area contributed by atoms with Crippen LogP contribution in [0, 0.1) is 18.3 Å². The van der Waals surface area contributed by atoms with Gasteiger partial charge >= 0.3 is 4.96 Å². The second-order valence-electron chi connectivity index (χ2n) is 4.22. The zero-order chi connectivity index (χ0) is 12.5. The number of nitrogens with zero attached hydrogens (tertiary/aromatic N) is 3. The van der Waals surface area contributed by atoms with Crippen molar-refractivity contribution in [1.82, 2.24) is 4.57 Å². The van der Waals surface area contributed by atoms with Crippen LogP contribution in [0.5, 0.6) is 0 Å². The zero-order valence-corrected chi connectivity index (χ0v) is 10.8. The van der Waals surface area contributed by atoms with E-state index >= 15 is 0 Å². The molecule has 0 aliphatic carbocycles. The number of rotatable bonds is 2. The molecule has 0 spiro atoms. The number of thiazole rings is 1. The molecule has 0 saturated carbocycles. The lowest BCUT2D eigenvalue weighted by Gasteiger charge is -2.02. The summed E-state index contributed by atoms with van der Waals surface area (Å²) in [6, 6.07) is 10.0. The lowest BCUT2D eigenvalue weighted by atomic mass is 10.1. The Morgan fingerprint density at radius 1 is 1.39 bits per heavy atom. The molecule has 2 aromatic heterocycles. The van der Waals surface area contributed by atoms with Gasteiger partial charge in [0.05, 0.1) is 11.6 Å². The molecule has 88 valence electrons. The summed E-state index contributed by atoms with van der Waals surface area (Å²) in [5.74, 6) is 0. The third-order valence-corrected chi connectivity index (χ3v) is 3.96. The Balaban J connectivity index is 2.09. The summed E-state index contributed by atoms with van der Waals surface area (Å²) in [5.41, 5.74) is 3.02. The molecule has 0 fully saturated rings. The second-order valence-corrected chi connectivity index (χ2v) is 5.09. The van der Waals surface area contributed by atoms with E-state index in [1.54, 1.807) is 11.3 Å². The fourth-order valence-electron chi connectivity index (χ4n) is 2.13. The number of hydrogen-bond donors (Lipinski definition) is 0. The summed E-state index contributed by atoms with van der Waals surface area (Å²) < 4.78 is 4.36. The molecule has 0 bridgehead atoms. The van der Waals surface area contributed by atoms with Gasteiger partial charge in [-0.25, -0.2) is 4.57 Å². The predicted octanol–water partition coefficient (Wildman–Crippen LogP) is 2.52. The molecule has 18 heavy (non-hydrogen) atoms. The zero-order valence-electron chi connectivity index (χ0n) is 10.00. The molecule has 0 atom stereocenters. The van der Waals surface area contributed by atoms with E-state index in [1.807, 2.05) is 24.3 Å². The highest BCUT2D eigenvalue weighted by Gasteiger charge is 2.16. The first kappa shape index (κ1) is 11.0. The molecule has 2 heterocycles. The first-order valence-corrected chi connectivity index (χ1v) is 6.60. The molecule has 4 heteroatoms. The maximum Gasteiger partial charge on any atom is 0.346 e. The van der Waals surface area contributed by atoms with Gasteiger partial charge in [0.25, 0.3) is 0 Å². The number of nitriles is 1. The molecular formula is C14H12N3S+. The van der Waals surface area contributed by atoms with Gasteiger partial charge in [-0.3, -0.25) is 0 Å². The number of fused-ring (bicyclic) bond motifs is 1. The number of benzene rings is 1. The van der Waals surface area contributed by atoms with Crippen LogP contribution < -0.4 is 4.40 Å². The van der Waals surface area contributed by atoms with Crippen LogP contribution in [0.3, 0.4) is 0 Å². The standard InChI is InChI=1S/C14H12N3S/c1-11-9-16-6-7-18-14(16)17(11)10-13-5-3-2-4-12(13)8-15/h2-7,9H,10H2,1H3/q+1. The van der Waals surface area contributed by atoms with Crippen molar-refractivity contribution < 1.29 is 4.40 Å². The van der Waals surface area contributed by atoms with Crippen molar-refractivity contribution >= 4 is 16.3 Å². The van der Waals surface area contributed by atoms with Gasteiger partial charge in [0, 0.05) is 17.9 Å². The minimum Gasteiger partial charge on any atom is -0.214 e. The van der Waals surface area contributed by atoms with Crippen molar-refractivity contribution in [3.63, 3.8) is 0 Å². The van der Waals surface area contributed by atoms with Gasteiger partial charge in [0.2, 0.25) is 0 Å². The highest BCUT2D eigenvalue weighted by atomic mass is 32.1. The van der Waals surface area contributed by atoms with Crippen LogP contribution in [0.2, 0.25) is 0 Å². The SMILES string of the molecule is Cc1c[n+]2ccsc2n1Cc1ccccc1C#N. The molecule has 1 aromatic carbocycles. The van der Waals surface area contributed by atoms with E-state index in [2.05, 4.69) is 39.7 Å². The molecule has 0 unspecified atom stereocenters. The fraction of sp³-hybridized carbons (Fsp3) is 0.143. The number of aromatic nitrogens is 2. The Morgan fingerprint density at radius 3 is 3.06 bits per heavy atom. The molecule has 3 nitrogen and oxygen atoms in total. The van der Waals surface area contributed by atoms with Crippen LogP contribution in [0.15, 0.2) is 42.0 Å². The van der Waals surface area contributed by atoms with Crippen molar-refractivity contribution in [2.24, 2.45) is 0 Å².